The van der Waals surface area contributed by atoms with E-state index in [0.29, 0.717) is 6.54 Å². The third-order valence-electron chi connectivity index (χ3n) is 4.89. The van der Waals surface area contributed by atoms with Crippen molar-refractivity contribution >= 4 is 6.03 Å². The molecule has 2 heterocycles. The van der Waals surface area contributed by atoms with Crippen molar-refractivity contribution in [2.45, 2.75) is 37.8 Å². The number of nitrogens with zero attached hydrogens (tertiary/aromatic N) is 2. The van der Waals surface area contributed by atoms with E-state index >= 15 is 0 Å². The van der Waals surface area contributed by atoms with Crippen molar-refractivity contribution in [3.63, 3.8) is 0 Å². The molecule has 4 rings (SSSR count). The van der Waals surface area contributed by atoms with Crippen LogP contribution in [0.25, 0.3) is 0 Å². The summed E-state index contributed by atoms with van der Waals surface area (Å²) in [6.07, 6.45) is 5.77. The van der Waals surface area contributed by atoms with Gasteiger partial charge in [-0.15, -0.1) is 0 Å². The number of para-hydroxylation sites is 1. The van der Waals surface area contributed by atoms with Crippen molar-refractivity contribution < 1.29 is 9.53 Å². The second-order valence-electron chi connectivity index (χ2n) is 6.52. The van der Waals surface area contributed by atoms with E-state index in [9.17, 15) is 4.79 Å². The third kappa shape index (κ3) is 2.84. The maximum Gasteiger partial charge on any atom is 0.315 e. The third-order valence-corrected chi connectivity index (χ3v) is 4.89. The topological polar surface area (TPSA) is 68.2 Å². The predicted molar refractivity (Wildman–Crippen MR) is 90.0 cm³/mol. The molecule has 0 saturated carbocycles. The first-order valence-corrected chi connectivity index (χ1v) is 8.50. The van der Waals surface area contributed by atoms with Gasteiger partial charge in [-0.2, -0.15) is 5.10 Å². The predicted octanol–water partition coefficient (Wildman–Crippen LogP) is 2.10. The van der Waals surface area contributed by atoms with Crippen LogP contribution in [0.4, 0.5) is 4.79 Å². The quantitative estimate of drug-likeness (QED) is 0.907. The van der Waals surface area contributed by atoms with E-state index in [2.05, 4.69) is 21.8 Å². The molecule has 0 fully saturated rings. The van der Waals surface area contributed by atoms with Crippen molar-refractivity contribution in [1.82, 2.24) is 20.4 Å². The fraction of sp³-hybridized carbons (Fsp3) is 0.444. The number of ether oxygens (including phenoxy) is 1. The molecule has 0 spiro atoms. The summed E-state index contributed by atoms with van der Waals surface area (Å²) < 4.78 is 7.76. The maximum absolute atomic E-state index is 12.3. The van der Waals surface area contributed by atoms with Crippen molar-refractivity contribution in [1.29, 1.82) is 0 Å². The Kier molecular flexibility index (Phi) is 3.88. The summed E-state index contributed by atoms with van der Waals surface area (Å²) in [5.41, 5.74) is 3.57. The average molecular weight is 326 g/mol. The molecular formula is C18H22N4O2. The van der Waals surface area contributed by atoms with Crippen LogP contribution in [-0.4, -0.2) is 28.5 Å². The minimum absolute atomic E-state index is 0.00783. The Morgan fingerprint density at radius 1 is 1.42 bits per heavy atom. The summed E-state index contributed by atoms with van der Waals surface area (Å²) in [6.45, 7) is 0.507. The van der Waals surface area contributed by atoms with E-state index in [1.807, 2.05) is 36.1 Å². The van der Waals surface area contributed by atoms with E-state index in [0.717, 1.165) is 37.0 Å². The molecule has 6 nitrogen and oxygen atoms in total. The van der Waals surface area contributed by atoms with E-state index in [1.165, 1.54) is 11.3 Å². The van der Waals surface area contributed by atoms with Gasteiger partial charge in [0.15, 0.2) is 0 Å². The molecule has 0 radical (unpaired) electrons. The van der Waals surface area contributed by atoms with Gasteiger partial charge in [0.2, 0.25) is 0 Å². The molecule has 2 aromatic rings. The number of rotatable bonds is 3. The Bertz CT molecular complexity index is 730. The van der Waals surface area contributed by atoms with Crippen LogP contribution in [0.1, 0.15) is 35.7 Å². The highest BCUT2D eigenvalue weighted by Crippen LogP contribution is 2.29. The Morgan fingerprint density at radius 2 is 2.29 bits per heavy atom. The monoisotopic (exact) mass is 326 g/mol. The lowest BCUT2D eigenvalue weighted by atomic mass is 9.93. The van der Waals surface area contributed by atoms with Gasteiger partial charge in [-0.1, -0.05) is 18.2 Å². The number of aryl methyl sites for hydroxylation is 1. The zero-order valence-corrected chi connectivity index (χ0v) is 13.8. The number of hydrogen-bond acceptors (Lipinski definition) is 3. The summed E-state index contributed by atoms with van der Waals surface area (Å²) in [5.74, 6) is 0.928. The molecule has 2 amide bonds. The van der Waals surface area contributed by atoms with E-state index in [4.69, 9.17) is 4.74 Å². The Hall–Kier alpha value is -2.50. The van der Waals surface area contributed by atoms with Crippen molar-refractivity contribution in [2.24, 2.45) is 7.05 Å². The summed E-state index contributed by atoms with van der Waals surface area (Å²) in [5, 5.41) is 10.3. The van der Waals surface area contributed by atoms with Gasteiger partial charge in [0, 0.05) is 24.7 Å². The van der Waals surface area contributed by atoms with Gasteiger partial charge >= 0.3 is 6.03 Å². The minimum atomic E-state index is -0.142. The highest BCUT2D eigenvalue weighted by Gasteiger charge is 2.26. The number of fused-ring (bicyclic) bond motifs is 2. The molecule has 2 atom stereocenters. The lowest BCUT2D eigenvalue weighted by molar-refractivity contribution is 0.211. The van der Waals surface area contributed by atoms with Crippen LogP contribution in [-0.2, 0) is 19.9 Å². The van der Waals surface area contributed by atoms with Crippen LogP contribution < -0.4 is 15.4 Å². The smallest absolute Gasteiger partial charge is 0.315 e. The van der Waals surface area contributed by atoms with E-state index < -0.39 is 0 Å². The van der Waals surface area contributed by atoms with Gasteiger partial charge in [0.1, 0.15) is 11.9 Å². The Morgan fingerprint density at radius 3 is 3.17 bits per heavy atom. The zero-order valence-electron chi connectivity index (χ0n) is 13.8. The molecule has 2 aliphatic rings. The number of amides is 2. The van der Waals surface area contributed by atoms with Crippen LogP contribution in [0.3, 0.4) is 0 Å². The molecule has 0 saturated heterocycles. The largest absolute Gasteiger partial charge is 0.488 e. The first-order chi connectivity index (χ1) is 11.7. The highest BCUT2D eigenvalue weighted by atomic mass is 16.5. The summed E-state index contributed by atoms with van der Waals surface area (Å²) in [4.78, 5) is 12.3. The SMILES string of the molecule is Cn1ncc2c1CCC[C@@H]2NC(=O)NC[C@H]1Cc2ccccc2O1. The van der Waals surface area contributed by atoms with E-state index in [-0.39, 0.29) is 18.2 Å². The van der Waals surface area contributed by atoms with Gasteiger partial charge in [-0.05, 0) is 30.9 Å². The van der Waals surface area contributed by atoms with Gasteiger partial charge in [0.05, 0.1) is 18.8 Å². The summed E-state index contributed by atoms with van der Waals surface area (Å²) in [6, 6.07) is 7.93. The number of aromatic nitrogens is 2. The summed E-state index contributed by atoms with van der Waals surface area (Å²) in [7, 11) is 1.95. The standard InChI is InChI=1S/C18H22N4O2/c1-22-16-7-4-6-15(14(16)11-20-22)21-18(23)19-10-13-9-12-5-2-3-8-17(12)24-13/h2-3,5,8,11,13,15H,4,6-7,9-10H2,1H3,(H2,19,21,23)/t13-,15+/m1/s1. The lowest BCUT2D eigenvalue weighted by Crippen LogP contribution is -2.43. The minimum Gasteiger partial charge on any atom is -0.488 e. The van der Waals surface area contributed by atoms with Crippen LogP contribution in [0.15, 0.2) is 30.5 Å². The number of hydrogen-bond donors (Lipinski definition) is 2. The number of urea groups is 1. The summed E-state index contributed by atoms with van der Waals surface area (Å²) >= 11 is 0. The number of nitrogens with one attached hydrogen (secondary N) is 2. The second-order valence-corrected chi connectivity index (χ2v) is 6.52. The first-order valence-electron chi connectivity index (χ1n) is 8.50. The molecule has 24 heavy (non-hydrogen) atoms. The molecule has 1 aliphatic heterocycles. The molecule has 1 aliphatic carbocycles. The molecule has 126 valence electrons. The molecule has 1 aromatic heterocycles. The van der Waals surface area contributed by atoms with Crippen LogP contribution in [0.2, 0.25) is 0 Å². The molecule has 2 N–H and O–H groups in total. The second kappa shape index (κ2) is 6.19. The molecule has 6 heteroatoms. The maximum atomic E-state index is 12.3. The first kappa shape index (κ1) is 15.1. The fourth-order valence-electron chi connectivity index (χ4n) is 3.64. The van der Waals surface area contributed by atoms with Crippen molar-refractivity contribution in [3.05, 3.63) is 47.3 Å². The lowest BCUT2D eigenvalue weighted by Gasteiger charge is -2.24. The van der Waals surface area contributed by atoms with Gasteiger partial charge in [-0.25, -0.2) is 4.79 Å². The van der Waals surface area contributed by atoms with E-state index in [1.54, 1.807) is 0 Å². The molecule has 0 unspecified atom stereocenters. The number of carbonyl (C=O) groups excluding carboxylic acids is 1. The fourth-order valence-corrected chi connectivity index (χ4v) is 3.64. The molecule has 0 bridgehead atoms. The number of carbonyl (C=O) groups is 1. The molecule has 1 aromatic carbocycles. The highest BCUT2D eigenvalue weighted by molar-refractivity contribution is 5.74. The van der Waals surface area contributed by atoms with Crippen molar-refractivity contribution in [3.8, 4) is 5.75 Å². The van der Waals surface area contributed by atoms with Gasteiger partial charge < -0.3 is 15.4 Å². The van der Waals surface area contributed by atoms with Crippen LogP contribution >= 0.6 is 0 Å². The number of benzene rings is 1. The molecular weight excluding hydrogens is 304 g/mol. The van der Waals surface area contributed by atoms with Crippen molar-refractivity contribution in [2.75, 3.05) is 6.54 Å². The van der Waals surface area contributed by atoms with Gasteiger partial charge in [0.25, 0.3) is 0 Å². The van der Waals surface area contributed by atoms with Crippen LogP contribution in [0, 0.1) is 0 Å². The normalized spacial score (nSPS) is 21.5. The average Bonchev–Trinajstić information content (AvgIpc) is 3.17. The Balaban J connectivity index is 1.31. The Labute approximate surface area is 141 Å². The zero-order chi connectivity index (χ0) is 16.5. The van der Waals surface area contributed by atoms with Crippen LogP contribution in [0.5, 0.6) is 5.75 Å². The van der Waals surface area contributed by atoms with Gasteiger partial charge in [-0.3, -0.25) is 4.68 Å².